The molecule has 6 heteroatoms. The largest absolute Gasteiger partial charge is 0.336 e. The van der Waals surface area contributed by atoms with Gasteiger partial charge in [-0.15, -0.1) is 0 Å². The second-order valence-electron chi connectivity index (χ2n) is 7.78. The highest BCUT2D eigenvalue weighted by atomic mass is 16.2. The highest BCUT2D eigenvalue weighted by Crippen LogP contribution is 2.35. The van der Waals surface area contributed by atoms with Crippen molar-refractivity contribution < 1.29 is 4.79 Å². The van der Waals surface area contributed by atoms with Crippen LogP contribution in [0.15, 0.2) is 29.1 Å². The Balaban J connectivity index is 1.55. The van der Waals surface area contributed by atoms with Crippen molar-refractivity contribution in [3.63, 3.8) is 0 Å². The first-order chi connectivity index (χ1) is 12.0. The first-order valence-corrected chi connectivity index (χ1v) is 9.04. The summed E-state index contributed by atoms with van der Waals surface area (Å²) in [6.45, 7) is 6.35. The highest BCUT2D eigenvalue weighted by Gasteiger charge is 2.36. The van der Waals surface area contributed by atoms with Crippen molar-refractivity contribution in [2.24, 2.45) is 11.8 Å². The molecule has 2 bridgehead atoms. The summed E-state index contributed by atoms with van der Waals surface area (Å²) in [5.41, 5.74) is 2.63. The summed E-state index contributed by atoms with van der Waals surface area (Å²) in [6, 6.07) is 7.34. The van der Waals surface area contributed by atoms with Gasteiger partial charge >= 0.3 is 0 Å². The molecule has 1 amide bonds. The molecule has 2 atom stereocenters. The monoisotopic (exact) mass is 340 g/mol. The maximum atomic E-state index is 12.9. The van der Waals surface area contributed by atoms with Crippen molar-refractivity contribution in [3.05, 3.63) is 51.7 Å². The summed E-state index contributed by atoms with van der Waals surface area (Å²) in [7, 11) is 0. The van der Waals surface area contributed by atoms with Gasteiger partial charge in [0.1, 0.15) is 5.69 Å². The lowest BCUT2D eigenvalue weighted by molar-refractivity contribution is 0.0588. The SMILES string of the molecule is CC(C)Cc1cc(C(=O)N2C[C@H]3C[C@@H](C2)c2cccc(=O)n2C3)n[nH]1. The fourth-order valence-electron chi connectivity index (χ4n) is 4.24. The number of aromatic amines is 1. The van der Waals surface area contributed by atoms with Gasteiger partial charge in [0, 0.05) is 43.0 Å². The Morgan fingerprint density at radius 3 is 2.96 bits per heavy atom. The summed E-state index contributed by atoms with van der Waals surface area (Å²) in [5, 5.41) is 7.21. The minimum Gasteiger partial charge on any atom is -0.336 e. The third-order valence-electron chi connectivity index (χ3n) is 5.25. The van der Waals surface area contributed by atoms with Crippen molar-refractivity contribution in [1.29, 1.82) is 0 Å². The van der Waals surface area contributed by atoms with E-state index >= 15 is 0 Å². The Morgan fingerprint density at radius 1 is 1.32 bits per heavy atom. The second-order valence-corrected chi connectivity index (χ2v) is 7.78. The Kier molecular flexibility index (Phi) is 3.98. The summed E-state index contributed by atoms with van der Waals surface area (Å²) < 4.78 is 1.88. The Hall–Kier alpha value is -2.37. The average molecular weight is 340 g/mol. The number of nitrogens with zero attached hydrogens (tertiary/aromatic N) is 3. The number of hydrogen-bond donors (Lipinski definition) is 1. The van der Waals surface area contributed by atoms with Gasteiger partial charge in [-0.2, -0.15) is 5.10 Å². The second kappa shape index (κ2) is 6.17. The first kappa shape index (κ1) is 16.1. The third kappa shape index (κ3) is 3.01. The zero-order valence-corrected chi connectivity index (χ0v) is 14.7. The molecule has 2 aromatic heterocycles. The number of nitrogens with one attached hydrogen (secondary N) is 1. The van der Waals surface area contributed by atoms with Crippen molar-refractivity contribution >= 4 is 5.91 Å². The molecule has 4 heterocycles. The van der Waals surface area contributed by atoms with Gasteiger partial charge < -0.3 is 9.47 Å². The number of piperidine rings is 1. The number of aromatic nitrogens is 3. The molecular weight excluding hydrogens is 316 g/mol. The number of fused-ring (bicyclic) bond motifs is 4. The smallest absolute Gasteiger partial charge is 0.274 e. The number of H-pyrrole nitrogens is 1. The van der Waals surface area contributed by atoms with E-state index in [9.17, 15) is 9.59 Å². The highest BCUT2D eigenvalue weighted by molar-refractivity contribution is 5.92. The van der Waals surface area contributed by atoms with Gasteiger partial charge in [0.25, 0.3) is 11.5 Å². The Bertz CT molecular complexity index is 851. The summed E-state index contributed by atoms with van der Waals surface area (Å²) in [6.07, 6.45) is 1.94. The molecule has 0 unspecified atom stereocenters. The molecule has 4 rings (SSSR count). The van der Waals surface area contributed by atoms with E-state index in [0.717, 1.165) is 24.2 Å². The number of carbonyl (C=O) groups excluding carboxylic acids is 1. The van der Waals surface area contributed by atoms with E-state index in [-0.39, 0.29) is 17.4 Å². The molecule has 25 heavy (non-hydrogen) atoms. The Labute approximate surface area is 146 Å². The van der Waals surface area contributed by atoms with E-state index in [4.69, 9.17) is 0 Å². The van der Waals surface area contributed by atoms with Crippen LogP contribution in [0.1, 0.15) is 48.1 Å². The van der Waals surface area contributed by atoms with Crippen LogP contribution in [-0.4, -0.2) is 38.7 Å². The van der Waals surface area contributed by atoms with Crippen LogP contribution < -0.4 is 5.56 Å². The van der Waals surface area contributed by atoms with Gasteiger partial charge in [0.05, 0.1) is 0 Å². The number of rotatable bonds is 3. The number of likely N-dealkylation sites (tertiary alicyclic amines) is 1. The van der Waals surface area contributed by atoms with Crippen LogP contribution >= 0.6 is 0 Å². The summed E-state index contributed by atoms with van der Waals surface area (Å²) >= 11 is 0. The van der Waals surface area contributed by atoms with Gasteiger partial charge in [0.15, 0.2) is 0 Å². The van der Waals surface area contributed by atoms with E-state index < -0.39 is 0 Å². The van der Waals surface area contributed by atoms with Gasteiger partial charge in [-0.1, -0.05) is 19.9 Å². The van der Waals surface area contributed by atoms with E-state index in [2.05, 4.69) is 24.0 Å². The molecular formula is C19H24N4O2. The quantitative estimate of drug-likeness (QED) is 0.929. The minimum absolute atomic E-state index is 0.00677. The minimum atomic E-state index is -0.00677. The fraction of sp³-hybridized carbons (Fsp3) is 0.526. The van der Waals surface area contributed by atoms with Crippen molar-refractivity contribution in [1.82, 2.24) is 19.7 Å². The molecule has 6 nitrogen and oxygen atoms in total. The molecule has 0 aliphatic carbocycles. The predicted octanol–water partition coefficient (Wildman–Crippen LogP) is 2.03. The molecule has 0 radical (unpaired) electrons. The van der Waals surface area contributed by atoms with E-state index in [1.807, 2.05) is 27.7 Å². The molecule has 0 aromatic carbocycles. The zero-order valence-electron chi connectivity index (χ0n) is 14.7. The molecule has 2 aliphatic heterocycles. The molecule has 1 N–H and O–H groups in total. The van der Waals surface area contributed by atoms with Crippen LogP contribution in [0, 0.1) is 11.8 Å². The number of amides is 1. The first-order valence-electron chi connectivity index (χ1n) is 9.04. The molecule has 1 saturated heterocycles. The molecule has 2 aromatic rings. The summed E-state index contributed by atoms with van der Waals surface area (Å²) in [4.78, 5) is 26.9. The van der Waals surface area contributed by atoms with Crippen LogP contribution in [-0.2, 0) is 13.0 Å². The van der Waals surface area contributed by atoms with Crippen molar-refractivity contribution in [3.8, 4) is 0 Å². The molecule has 0 saturated carbocycles. The number of hydrogen-bond acceptors (Lipinski definition) is 3. The topological polar surface area (TPSA) is 71.0 Å². The van der Waals surface area contributed by atoms with Gasteiger partial charge in [0.2, 0.25) is 0 Å². The standard InChI is InChI=1S/C19H24N4O2/c1-12(2)6-15-8-16(21-20-15)19(25)22-9-13-7-14(11-22)17-4-3-5-18(24)23(17)10-13/h3-5,8,12-14H,6-7,9-11H2,1-2H3,(H,20,21)/t13-,14+/m1/s1. The van der Waals surface area contributed by atoms with E-state index in [1.165, 1.54) is 0 Å². The lowest BCUT2D eigenvalue weighted by atomic mass is 9.83. The molecule has 2 aliphatic rings. The predicted molar refractivity (Wildman–Crippen MR) is 94.6 cm³/mol. The maximum absolute atomic E-state index is 12.9. The van der Waals surface area contributed by atoms with Crippen LogP contribution in [0.25, 0.3) is 0 Å². The molecule has 132 valence electrons. The fourth-order valence-corrected chi connectivity index (χ4v) is 4.24. The van der Waals surface area contributed by atoms with E-state index in [1.54, 1.807) is 6.07 Å². The number of pyridine rings is 1. The van der Waals surface area contributed by atoms with Crippen LogP contribution in [0.4, 0.5) is 0 Å². The molecule has 0 spiro atoms. The lowest BCUT2D eigenvalue weighted by Crippen LogP contribution is -2.49. The van der Waals surface area contributed by atoms with Gasteiger partial charge in [-0.25, -0.2) is 0 Å². The summed E-state index contributed by atoms with van der Waals surface area (Å²) in [5.74, 6) is 1.09. The normalized spacial score (nSPS) is 22.1. The van der Waals surface area contributed by atoms with Crippen molar-refractivity contribution in [2.45, 2.75) is 39.2 Å². The lowest BCUT2D eigenvalue weighted by Gasteiger charge is -2.42. The maximum Gasteiger partial charge on any atom is 0.274 e. The average Bonchev–Trinajstić information content (AvgIpc) is 3.03. The zero-order chi connectivity index (χ0) is 17.6. The molecule has 1 fully saturated rings. The van der Waals surface area contributed by atoms with Gasteiger partial charge in [-0.05, 0) is 36.8 Å². The van der Waals surface area contributed by atoms with Crippen LogP contribution in [0.2, 0.25) is 0 Å². The third-order valence-corrected chi connectivity index (χ3v) is 5.25. The van der Waals surface area contributed by atoms with Crippen LogP contribution in [0.3, 0.4) is 0 Å². The van der Waals surface area contributed by atoms with Gasteiger partial charge in [-0.3, -0.25) is 14.7 Å². The number of carbonyl (C=O) groups is 1. The van der Waals surface area contributed by atoms with E-state index in [0.29, 0.717) is 37.2 Å². The van der Waals surface area contributed by atoms with Crippen LogP contribution in [0.5, 0.6) is 0 Å². The van der Waals surface area contributed by atoms with Crippen molar-refractivity contribution in [2.75, 3.05) is 13.1 Å². The Morgan fingerprint density at radius 2 is 2.16 bits per heavy atom.